The van der Waals surface area contributed by atoms with E-state index in [-0.39, 0.29) is 6.54 Å². The smallest absolute Gasteiger partial charge is 0.332 e. The van der Waals surface area contributed by atoms with Crippen LogP contribution in [0.5, 0.6) is 0 Å². The molecule has 0 aliphatic rings. The molecule has 134 valence electrons. The van der Waals surface area contributed by atoms with Gasteiger partial charge in [0.1, 0.15) is 0 Å². The maximum atomic E-state index is 12.4. The van der Waals surface area contributed by atoms with Crippen molar-refractivity contribution in [2.45, 2.75) is 26.9 Å². The van der Waals surface area contributed by atoms with Crippen LogP contribution < -0.4 is 11.2 Å². The van der Waals surface area contributed by atoms with E-state index in [1.165, 1.54) is 17.9 Å². The Morgan fingerprint density at radius 2 is 1.88 bits per heavy atom. The van der Waals surface area contributed by atoms with Gasteiger partial charge in [-0.1, -0.05) is 19.0 Å². The van der Waals surface area contributed by atoms with Crippen molar-refractivity contribution in [2.24, 2.45) is 14.1 Å². The first-order valence-electron chi connectivity index (χ1n) is 8.10. The van der Waals surface area contributed by atoms with E-state index < -0.39 is 11.2 Å². The van der Waals surface area contributed by atoms with Gasteiger partial charge in [0.15, 0.2) is 17.0 Å². The Bertz CT molecular complexity index is 1010. The number of imidazole rings is 1. The summed E-state index contributed by atoms with van der Waals surface area (Å²) in [5, 5.41) is 3.97. The number of hydrogen-bond acceptors (Lipinski definition) is 7. The quantitative estimate of drug-likeness (QED) is 0.603. The predicted molar refractivity (Wildman–Crippen MR) is 90.2 cm³/mol. The van der Waals surface area contributed by atoms with E-state index in [9.17, 15) is 9.59 Å². The summed E-state index contributed by atoms with van der Waals surface area (Å²) < 4.78 is 9.31. The highest BCUT2D eigenvalue weighted by atomic mass is 16.5. The van der Waals surface area contributed by atoms with Crippen molar-refractivity contribution in [1.29, 1.82) is 0 Å². The van der Waals surface area contributed by atoms with Crippen molar-refractivity contribution in [3.63, 3.8) is 0 Å². The summed E-state index contributed by atoms with van der Waals surface area (Å²) in [6.45, 7) is 6.75. The molecule has 3 aromatic heterocycles. The van der Waals surface area contributed by atoms with Gasteiger partial charge >= 0.3 is 5.69 Å². The fourth-order valence-electron chi connectivity index (χ4n) is 2.73. The highest BCUT2D eigenvalue weighted by Gasteiger charge is 2.16. The second kappa shape index (κ2) is 6.63. The molecule has 0 fully saturated rings. The molecule has 0 aliphatic carbocycles. The summed E-state index contributed by atoms with van der Waals surface area (Å²) in [5.74, 6) is 0.987. The first kappa shape index (κ1) is 17.1. The van der Waals surface area contributed by atoms with Gasteiger partial charge in [-0.25, -0.2) is 9.78 Å². The third kappa shape index (κ3) is 3.00. The number of aryl methyl sites for hydroxylation is 1. The highest BCUT2D eigenvalue weighted by molar-refractivity contribution is 5.70. The molecule has 0 saturated heterocycles. The van der Waals surface area contributed by atoms with E-state index in [0.717, 1.165) is 17.7 Å². The summed E-state index contributed by atoms with van der Waals surface area (Å²) >= 11 is 0. The molecule has 0 atom stereocenters. The largest absolute Gasteiger partial charge is 0.338 e. The molecule has 0 radical (unpaired) electrons. The van der Waals surface area contributed by atoms with E-state index in [2.05, 4.69) is 33.9 Å². The fraction of sp³-hybridized carbons (Fsp3) is 0.533. The molecule has 10 heteroatoms. The first-order valence-corrected chi connectivity index (χ1v) is 8.10. The monoisotopic (exact) mass is 347 g/mol. The van der Waals surface area contributed by atoms with Crippen molar-refractivity contribution in [1.82, 2.24) is 33.7 Å². The van der Waals surface area contributed by atoms with Gasteiger partial charge in [0, 0.05) is 14.1 Å². The van der Waals surface area contributed by atoms with Crippen LogP contribution in [0, 0.1) is 0 Å². The van der Waals surface area contributed by atoms with Gasteiger partial charge in [-0.3, -0.25) is 18.8 Å². The normalized spacial score (nSPS) is 11.7. The predicted octanol–water partition coefficient (Wildman–Crippen LogP) is -0.293. The molecule has 3 heterocycles. The van der Waals surface area contributed by atoms with Gasteiger partial charge in [-0.05, 0) is 13.1 Å². The van der Waals surface area contributed by atoms with E-state index in [1.54, 1.807) is 11.6 Å². The zero-order chi connectivity index (χ0) is 18.1. The van der Waals surface area contributed by atoms with Crippen LogP contribution in [-0.2, 0) is 27.2 Å². The standard InChI is InChI=1S/C15H21N7O3/c1-5-21(6-2)8-11-17-10(18-25-11)7-22-9-16-13-12(22)14(23)20(4)15(24)19(13)3/h9H,5-8H2,1-4H3. The Labute approximate surface area is 143 Å². The molecule has 0 spiro atoms. The summed E-state index contributed by atoms with van der Waals surface area (Å²) in [5.41, 5.74) is -0.147. The molecule has 25 heavy (non-hydrogen) atoms. The van der Waals surface area contributed by atoms with Gasteiger partial charge in [0.05, 0.1) is 19.4 Å². The Balaban J connectivity index is 1.93. The van der Waals surface area contributed by atoms with Crippen molar-refractivity contribution >= 4 is 11.2 Å². The van der Waals surface area contributed by atoms with Gasteiger partial charge in [0.25, 0.3) is 5.56 Å². The van der Waals surface area contributed by atoms with Crippen LogP contribution in [0.1, 0.15) is 25.6 Å². The number of rotatable bonds is 6. The van der Waals surface area contributed by atoms with Crippen LogP contribution in [-0.4, -0.2) is 46.8 Å². The molecule has 3 rings (SSSR count). The van der Waals surface area contributed by atoms with Gasteiger partial charge in [-0.2, -0.15) is 4.98 Å². The van der Waals surface area contributed by atoms with Crippen LogP contribution in [0.15, 0.2) is 20.4 Å². The average molecular weight is 347 g/mol. The van der Waals surface area contributed by atoms with Crippen molar-refractivity contribution in [2.75, 3.05) is 13.1 Å². The number of fused-ring (bicyclic) bond motifs is 1. The molecule has 0 N–H and O–H groups in total. The maximum absolute atomic E-state index is 12.4. The molecule has 0 aliphatic heterocycles. The van der Waals surface area contributed by atoms with Crippen LogP contribution in [0.3, 0.4) is 0 Å². The van der Waals surface area contributed by atoms with Crippen molar-refractivity contribution < 1.29 is 4.52 Å². The van der Waals surface area contributed by atoms with Gasteiger partial charge < -0.3 is 9.09 Å². The molecule has 0 aromatic carbocycles. The topological polar surface area (TPSA) is 104 Å². The maximum Gasteiger partial charge on any atom is 0.332 e. The molecule has 0 bridgehead atoms. The number of aromatic nitrogens is 6. The first-order chi connectivity index (χ1) is 12.0. The molecule has 10 nitrogen and oxygen atoms in total. The molecule has 3 aromatic rings. The van der Waals surface area contributed by atoms with Crippen LogP contribution >= 0.6 is 0 Å². The zero-order valence-corrected chi connectivity index (χ0v) is 14.8. The average Bonchev–Trinajstić information content (AvgIpc) is 3.23. The fourth-order valence-corrected chi connectivity index (χ4v) is 2.73. The van der Waals surface area contributed by atoms with Crippen LogP contribution in [0.25, 0.3) is 11.2 Å². The van der Waals surface area contributed by atoms with E-state index >= 15 is 0 Å². The zero-order valence-electron chi connectivity index (χ0n) is 14.8. The second-order valence-electron chi connectivity index (χ2n) is 5.82. The molecule has 0 unspecified atom stereocenters. The number of nitrogens with zero attached hydrogens (tertiary/aromatic N) is 7. The highest BCUT2D eigenvalue weighted by Crippen LogP contribution is 2.09. The van der Waals surface area contributed by atoms with E-state index in [0.29, 0.717) is 29.4 Å². The number of hydrogen-bond donors (Lipinski definition) is 0. The summed E-state index contributed by atoms with van der Waals surface area (Å²) in [7, 11) is 3.02. The molecular formula is C15H21N7O3. The van der Waals surface area contributed by atoms with Crippen molar-refractivity contribution in [3.8, 4) is 0 Å². The lowest BCUT2D eigenvalue weighted by Gasteiger charge is -2.14. The summed E-state index contributed by atoms with van der Waals surface area (Å²) in [6, 6.07) is 0. The summed E-state index contributed by atoms with van der Waals surface area (Å²) in [6.07, 6.45) is 1.51. The molecule has 0 saturated carbocycles. The van der Waals surface area contributed by atoms with Gasteiger partial charge in [-0.15, -0.1) is 0 Å². The van der Waals surface area contributed by atoms with Gasteiger partial charge in [0.2, 0.25) is 5.89 Å². The van der Waals surface area contributed by atoms with E-state index in [4.69, 9.17) is 4.52 Å². The minimum absolute atomic E-state index is 0.242. The minimum Gasteiger partial charge on any atom is -0.338 e. The van der Waals surface area contributed by atoms with Crippen molar-refractivity contribution in [3.05, 3.63) is 38.9 Å². The third-order valence-corrected chi connectivity index (χ3v) is 4.29. The minimum atomic E-state index is -0.413. The van der Waals surface area contributed by atoms with Crippen LogP contribution in [0.4, 0.5) is 0 Å². The lowest BCUT2D eigenvalue weighted by atomic mass is 10.4. The molecule has 0 amide bonds. The lowest BCUT2D eigenvalue weighted by Crippen LogP contribution is -2.37. The Morgan fingerprint density at radius 3 is 2.56 bits per heavy atom. The summed E-state index contributed by atoms with van der Waals surface area (Å²) in [4.78, 5) is 35.1. The Kier molecular flexibility index (Phi) is 4.53. The Morgan fingerprint density at radius 1 is 1.16 bits per heavy atom. The second-order valence-corrected chi connectivity index (χ2v) is 5.82. The van der Waals surface area contributed by atoms with E-state index in [1.807, 2.05) is 0 Å². The lowest BCUT2D eigenvalue weighted by molar-refractivity contribution is 0.246. The third-order valence-electron chi connectivity index (χ3n) is 4.29. The molecular weight excluding hydrogens is 326 g/mol. The van der Waals surface area contributed by atoms with Crippen LogP contribution in [0.2, 0.25) is 0 Å². The SMILES string of the molecule is CCN(CC)Cc1nc(Cn2cnc3c2c(=O)n(C)c(=O)n3C)no1. The Hall–Kier alpha value is -2.75.